The van der Waals surface area contributed by atoms with Crippen molar-refractivity contribution in [1.29, 1.82) is 0 Å². The van der Waals surface area contributed by atoms with Crippen LogP contribution in [0.3, 0.4) is 0 Å². The number of aromatic nitrogens is 1. The molecule has 3 aromatic rings. The zero-order valence-electron chi connectivity index (χ0n) is 11.0. The molecule has 1 N–H and O–H groups in total. The highest BCUT2D eigenvalue weighted by Gasteiger charge is 2.11. The summed E-state index contributed by atoms with van der Waals surface area (Å²) in [5, 5.41) is 8.40. The number of rotatable bonds is 4. The number of nitrogens with one attached hydrogen (secondary N) is 1. The first-order chi connectivity index (χ1) is 9.22. The lowest BCUT2D eigenvalue weighted by Gasteiger charge is -2.03. The van der Waals surface area contributed by atoms with E-state index in [1.807, 2.05) is 36.4 Å². The van der Waals surface area contributed by atoms with Gasteiger partial charge in [0.25, 0.3) is 0 Å². The van der Waals surface area contributed by atoms with Crippen molar-refractivity contribution in [2.45, 2.75) is 26.4 Å². The van der Waals surface area contributed by atoms with Gasteiger partial charge in [0.05, 0.1) is 5.69 Å². The number of furan rings is 1. The van der Waals surface area contributed by atoms with Crippen LogP contribution in [0, 0.1) is 0 Å². The van der Waals surface area contributed by atoms with Gasteiger partial charge in [-0.05, 0) is 12.1 Å². The highest BCUT2D eigenvalue weighted by molar-refractivity contribution is 5.81. The minimum atomic E-state index is 0.423. The van der Waals surface area contributed by atoms with Crippen LogP contribution in [-0.2, 0) is 6.54 Å². The zero-order chi connectivity index (χ0) is 13.2. The van der Waals surface area contributed by atoms with Crippen molar-refractivity contribution in [2.75, 3.05) is 0 Å². The van der Waals surface area contributed by atoms with E-state index in [0.29, 0.717) is 24.1 Å². The Morgan fingerprint density at radius 3 is 2.79 bits per heavy atom. The molecule has 2 heterocycles. The van der Waals surface area contributed by atoms with Gasteiger partial charge in [-0.15, -0.1) is 0 Å². The van der Waals surface area contributed by atoms with E-state index in [9.17, 15) is 0 Å². The Bertz CT molecular complexity index is 649. The van der Waals surface area contributed by atoms with Gasteiger partial charge >= 0.3 is 0 Å². The lowest BCUT2D eigenvalue weighted by molar-refractivity contribution is 0.408. The molecular formula is C15H16N2O2. The van der Waals surface area contributed by atoms with Gasteiger partial charge in [-0.3, -0.25) is 0 Å². The number of hydrogen-bond acceptors (Lipinski definition) is 4. The third-order valence-electron chi connectivity index (χ3n) is 2.92. The number of fused-ring (bicyclic) bond motifs is 1. The highest BCUT2D eigenvalue weighted by atomic mass is 16.5. The maximum Gasteiger partial charge on any atom is 0.202 e. The Balaban J connectivity index is 1.85. The second-order valence-electron chi connectivity index (χ2n) is 4.87. The summed E-state index contributed by atoms with van der Waals surface area (Å²) in [7, 11) is 0. The summed E-state index contributed by atoms with van der Waals surface area (Å²) >= 11 is 0. The Kier molecular flexibility index (Phi) is 3.09. The van der Waals surface area contributed by atoms with Gasteiger partial charge in [0, 0.05) is 24.0 Å². The quantitative estimate of drug-likeness (QED) is 0.775. The van der Waals surface area contributed by atoms with E-state index < -0.39 is 0 Å². The van der Waals surface area contributed by atoms with Crippen LogP contribution in [-0.4, -0.2) is 11.2 Å². The first kappa shape index (κ1) is 12.0. The zero-order valence-corrected chi connectivity index (χ0v) is 11.0. The van der Waals surface area contributed by atoms with E-state index in [2.05, 4.69) is 24.3 Å². The Morgan fingerprint density at radius 2 is 2.00 bits per heavy atom. The number of nitrogens with zero attached hydrogens (tertiary/aromatic N) is 1. The minimum Gasteiger partial charge on any atom is -0.453 e. The molecule has 0 saturated carbocycles. The van der Waals surface area contributed by atoms with Crippen LogP contribution in [0.4, 0.5) is 0 Å². The maximum atomic E-state index is 5.74. The van der Waals surface area contributed by atoms with Crippen molar-refractivity contribution in [3.63, 3.8) is 0 Å². The van der Waals surface area contributed by atoms with Crippen LogP contribution in [0.5, 0.6) is 0 Å². The molecule has 3 rings (SSSR count). The molecule has 0 amide bonds. The molecule has 1 aromatic carbocycles. The largest absolute Gasteiger partial charge is 0.453 e. The van der Waals surface area contributed by atoms with Crippen LogP contribution >= 0.6 is 0 Å². The van der Waals surface area contributed by atoms with E-state index in [1.165, 1.54) is 0 Å². The first-order valence-electron chi connectivity index (χ1n) is 6.40. The Morgan fingerprint density at radius 1 is 1.16 bits per heavy atom. The molecule has 0 aliphatic heterocycles. The molecule has 0 unspecified atom stereocenters. The predicted octanol–water partition coefficient (Wildman–Crippen LogP) is 3.59. The molecule has 4 heteroatoms. The molecular weight excluding hydrogens is 240 g/mol. The van der Waals surface area contributed by atoms with Gasteiger partial charge in [0.2, 0.25) is 5.76 Å². The number of para-hydroxylation sites is 1. The maximum absolute atomic E-state index is 5.74. The average molecular weight is 256 g/mol. The summed E-state index contributed by atoms with van der Waals surface area (Å²) in [5.74, 6) is 1.38. The molecule has 0 fully saturated rings. The molecule has 98 valence electrons. The molecule has 0 spiro atoms. The van der Waals surface area contributed by atoms with Crippen LogP contribution < -0.4 is 5.32 Å². The molecule has 0 aliphatic carbocycles. The summed E-state index contributed by atoms with van der Waals surface area (Å²) in [6.07, 6.45) is 0. The topological polar surface area (TPSA) is 51.2 Å². The van der Waals surface area contributed by atoms with E-state index in [1.54, 1.807) is 0 Å². The van der Waals surface area contributed by atoms with E-state index in [-0.39, 0.29) is 0 Å². The van der Waals surface area contributed by atoms with Crippen molar-refractivity contribution in [3.8, 4) is 11.5 Å². The van der Waals surface area contributed by atoms with E-state index in [0.717, 1.165) is 16.7 Å². The number of hydrogen-bond donors (Lipinski definition) is 1. The summed E-state index contributed by atoms with van der Waals surface area (Å²) in [6.45, 7) is 4.89. The van der Waals surface area contributed by atoms with Gasteiger partial charge in [0.1, 0.15) is 5.58 Å². The molecule has 0 radical (unpaired) electrons. The predicted molar refractivity (Wildman–Crippen MR) is 73.7 cm³/mol. The van der Waals surface area contributed by atoms with E-state index >= 15 is 0 Å². The SMILES string of the molecule is CC(C)NCc1cc(-c2cc3ccccc3o2)on1. The Labute approximate surface area is 111 Å². The van der Waals surface area contributed by atoms with Crippen molar-refractivity contribution in [3.05, 3.63) is 42.1 Å². The van der Waals surface area contributed by atoms with Crippen molar-refractivity contribution >= 4 is 11.0 Å². The molecule has 19 heavy (non-hydrogen) atoms. The lowest BCUT2D eigenvalue weighted by Crippen LogP contribution is -2.21. The summed E-state index contributed by atoms with van der Waals surface area (Å²) < 4.78 is 11.1. The summed E-state index contributed by atoms with van der Waals surface area (Å²) in [4.78, 5) is 0. The van der Waals surface area contributed by atoms with Gasteiger partial charge in [-0.1, -0.05) is 37.2 Å². The Hall–Kier alpha value is -2.07. The summed E-state index contributed by atoms with van der Waals surface area (Å²) in [6, 6.07) is 12.2. The third-order valence-corrected chi connectivity index (χ3v) is 2.92. The van der Waals surface area contributed by atoms with Gasteiger partial charge < -0.3 is 14.3 Å². The van der Waals surface area contributed by atoms with Crippen LogP contribution in [0.25, 0.3) is 22.5 Å². The van der Waals surface area contributed by atoms with Gasteiger partial charge in [0.15, 0.2) is 5.76 Å². The fourth-order valence-corrected chi connectivity index (χ4v) is 1.92. The van der Waals surface area contributed by atoms with Crippen molar-refractivity contribution in [2.24, 2.45) is 0 Å². The second-order valence-corrected chi connectivity index (χ2v) is 4.87. The molecule has 0 saturated heterocycles. The monoisotopic (exact) mass is 256 g/mol. The van der Waals surface area contributed by atoms with Crippen LogP contribution in [0.1, 0.15) is 19.5 Å². The van der Waals surface area contributed by atoms with Crippen molar-refractivity contribution in [1.82, 2.24) is 10.5 Å². The second kappa shape index (κ2) is 4.90. The number of benzene rings is 1. The van der Waals surface area contributed by atoms with E-state index in [4.69, 9.17) is 8.94 Å². The van der Waals surface area contributed by atoms with Gasteiger partial charge in [-0.2, -0.15) is 0 Å². The van der Waals surface area contributed by atoms with Crippen LogP contribution in [0.2, 0.25) is 0 Å². The lowest BCUT2D eigenvalue weighted by atomic mass is 10.2. The molecule has 4 nitrogen and oxygen atoms in total. The standard InChI is InChI=1S/C15H16N2O2/c1-10(2)16-9-12-8-15(19-17-12)14-7-11-5-3-4-6-13(11)18-14/h3-8,10,16H,9H2,1-2H3. The van der Waals surface area contributed by atoms with Crippen LogP contribution in [0.15, 0.2) is 45.3 Å². The smallest absolute Gasteiger partial charge is 0.202 e. The molecule has 0 bridgehead atoms. The molecule has 0 aliphatic rings. The van der Waals surface area contributed by atoms with Gasteiger partial charge in [-0.25, -0.2) is 0 Å². The summed E-state index contributed by atoms with van der Waals surface area (Å²) in [5.41, 5.74) is 1.74. The highest BCUT2D eigenvalue weighted by Crippen LogP contribution is 2.28. The van der Waals surface area contributed by atoms with Crippen molar-refractivity contribution < 1.29 is 8.94 Å². The fourth-order valence-electron chi connectivity index (χ4n) is 1.92. The fraction of sp³-hybridized carbons (Fsp3) is 0.267. The minimum absolute atomic E-state index is 0.423. The first-order valence-corrected chi connectivity index (χ1v) is 6.40. The third kappa shape index (κ3) is 2.53. The average Bonchev–Trinajstić information content (AvgIpc) is 3.02. The normalized spacial score (nSPS) is 11.5. The molecule has 0 atom stereocenters. The molecule has 2 aromatic heterocycles.